The topological polar surface area (TPSA) is 86.7 Å². The van der Waals surface area contributed by atoms with E-state index in [1.54, 1.807) is 55.5 Å². The van der Waals surface area contributed by atoms with Gasteiger partial charge in [-0.2, -0.15) is 0 Å². The molecule has 0 unspecified atom stereocenters. The quantitative estimate of drug-likeness (QED) is 0.566. The van der Waals surface area contributed by atoms with E-state index < -0.39 is 10.0 Å². The lowest BCUT2D eigenvalue weighted by atomic mass is 9.89. The third-order valence-electron chi connectivity index (χ3n) is 6.14. The summed E-state index contributed by atoms with van der Waals surface area (Å²) in [6.07, 6.45) is 1.69. The number of rotatable bonds is 5. The smallest absolute Gasteiger partial charge is 0.262 e. The van der Waals surface area contributed by atoms with Crippen molar-refractivity contribution >= 4 is 21.6 Å². The molecule has 0 radical (unpaired) electrons. The van der Waals surface area contributed by atoms with E-state index in [0.717, 1.165) is 18.4 Å². The van der Waals surface area contributed by atoms with Crippen LogP contribution in [0, 0.1) is 13.8 Å². The van der Waals surface area contributed by atoms with Gasteiger partial charge in [-0.15, -0.1) is 0 Å². The number of amides is 1. The Morgan fingerprint density at radius 1 is 0.970 bits per heavy atom. The largest absolute Gasteiger partial charge is 0.508 e. The molecule has 2 N–H and O–H groups in total. The van der Waals surface area contributed by atoms with Gasteiger partial charge in [0.1, 0.15) is 5.75 Å². The van der Waals surface area contributed by atoms with E-state index in [9.17, 15) is 18.3 Å². The van der Waals surface area contributed by atoms with Crippen LogP contribution in [-0.4, -0.2) is 37.4 Å². The standard InChI is InChI=1S/C26H28N2O4S/c1-18-6-7-19(2)25(16-18)33(31,32)27-23-5-3-4-22(17-23)26(30)28-14-12-21(13-15-28)20-8-10-24(29)11-9-20/h3-11,16-17,21,27,29H,12-15H2,1-2H3. The number of hydrogen-bond acceptors (Lipinski definition) is 4. The van der Waals surface area contributed by atoms with E-state index in [2.05, 4.69) is 4.72 Å². The summed E-state index contributed by atoms with van der Waals surface area (Å²) in [6, 6.07) is 19.2. The number of aromatic hydroxyl groups is 1. The highest BCUT2D eigenvalue weighted by molar-refractivity contribution is 7.92. The first kappa shape index (κ1) is 22.9. The molecule has 1 aliphatic rings. The SMILES string of the molecule is Cc1ccc(C)c(S(=O)(=O)Nc2cccc(C(=O)N3CCC(c4ccc(O)cc4)CC3)c2)c1. The first-order valence-corrected chi connectivity index (χ1v) is 12.5. The van der Waals surface area contributed by atoms with Crippen LogP contribution < -0.4 is 4.72 Å². The maximum Gasteiger partial charge on any atom is 0.262 e. The molecule has 33 heavy (non-hydrogen) atoms. The molecule has 3 aromatic carbocycles. The second-order valence-corrected chi connectivity index (χ2v) is 10.3. The molecular formula is C26H28N2O4S. The number of carbonyl (C=O) groups excluding carboxylic acids is 1. The predicted octanol–water partition coefficient (Wildman–Crippen LogP) is 4.83. The monoisotopic (exact) mass is 464 g/mol. The van der Waals surface area contributed by atoms with Crippen molar-refractivity contribution in [2.45, 2.75) is 37.5 Å². The van der Waals surface area contributed by atoms with Crippen LogP contribution in [0.1, 0.15) is 45.8 Å². The highest BCUT2D eigenvalue weighted by Crippen LogP contribution is 2.30. The molecule has 4 rings (SSSR count). The summed E-state index contributed by atoms with van der Waals surface area (Å²) in [5.74, 6) is 0.497. The van der Waals surface area contributed by atoms with Gasteiger partial charge in [0.25, 0.3) is 15.9 Å². The van der Waals surface area contributed by atoms with Crippen LogP contribution in [0.25, 0.3) is 0 Å². The van der Waals surface area contributed by atoms with Crippen molar-refractivity contribution in [1.29, 1.82) is 0 Å². The molecule has 1 saturated heterocycles. The summed E-state index contributed by atoms with van der Waals surface area (Å²) in [6.45, 7) is 4.87. The van der Waals surface area contributed by atoms with E-state index in [0.29, 0.717) is 35.8 Å². The molecule has 1 heterocycles. The maximum atomic E-state index is 13.1. The Morgan fingerprint density at radius 2 is 1.67 bits per heavy atom. The van der Waals surface area contributed by atoms with Gasteiger partial charge in [-0.25, -0.2) is 8.42 Å². The average Bonchev–Trinajstić information content (AvgIpc) is 2.80. The molecule has 172 valence electrons. The summed E-state index contributed by atoms with van der Waals surface area (Å²) in [5.41, 5.74) is 3.51. The zero-order valence-electron chi connectivity index (χ0n) is 18.8. The molecule has 1 amide bonds. The van der Waals surface area contributed by atoms with Crippen LogP contribution in [0.4, 0.5) is 5.69 Å². The van der Waals surface area contributed by atoms with Crippen molar-refractivity contribution in [3.8, 4) is 5.75 Å². The Kier molecular flexibility index (Phi) is 6.42. The molecule has 1 aliphatic heterocycles. The number of nitrogens with zero attached hydrogens (tertiary/aromatic N) is 1. The number of nitrogens with one attached hydrogen (secondary N) is 1. The number of carbonyl (C=O) groups is 1. The molecule has 0 aliphatic carbocycles. The molecule has 3 aromatic rings. The lowest BCUT2D eigenvalue weighted by Gasteiger charge is -2.32. The Hall–Kier alpha value is -3.32. The molecular weight excluding hydrogens is 436 g/mol. The number of likely N-dealkylation sites (tertiary alicyclic amines) is 1. The van der Waals surface area contributed by atoms with Crippen LogP contribution in [-0.2, 0) is 10.0 Å². The van der Waals surface area contributed by atoms with E-state index in [1.165, 1.54) is 5.56 Å². The van der Waals surface area contributed by atoms with Crippen molar-refractivity contribution in [1.82, 2.24) is 4.90 Å². The number of sulfonamides is 1. The number of piperidine rings is 1. The van der Waals surface area contributed by atoms with Gasteiger partial charge in [0.2, 0.25) is 0 Å². The van der Waals surface area contributed by atoms with Gasteiger partial charge in [-0.3, -0.25) is 9.52 Å². The van der Waals surface area contributed by atoms with Crippen molar-refractivity contribution in [2.75, 3.05) is 17.8 Å². The number of anilines is 1. The molecule has 0 bridgehead atoms. The molecule has 0 aromatic heterocycles. The van der Waals surface area contributed by atoms with Crippen molar-refractivity contribution in [2.24, 2.45) is 0 Å². The highest BCUT2D eigenvalue weighted by Gasteiger charge is 2.25. The second-order valence-electron chi connectivity index (χ2n) is 8.61. The molecule has 7 heteroatoms. The summed E-state index contributed by atoms with van der Waals surface area (Å²) in [4.78, 5) is 15.1. The summed E-state index contributed by atoms with van der Waals surface area (Å²) in [7, 11) is -3.77. The van der Waals surface area contributed by atoms with Gasteiger partial charge in [0.15, 0.2) is 0 Å². The Bertz CT molecular complexity index is 1260. The first-order valence-electron chi connectivity index (χ1n) is 11.0. The van der Waals surface area contributed by atoms with Gasteiger partial charge < -0.3 is 10.0 Å². The van der Waals surface area contributed by atoms with Gasteiger partial charge >= 0.3 is 0 Å². The second kappa shape index (κ2) is 9.27. The van der Waals surface area contributed by atoms with Gasteiger partial charge in [0, 0.05) is 24.3 Å². The van der Waals surface area contributed by atoms with E-state index in [4.69, 9.17) is 0 Å². The summed E-state index contributed by atoms with van der Waals surface area (Å²) >= 11 is 0. The zero-order valence-corrected chi connectivity index (χ0v) is 19.6. The zero-order chi connectivity index (χ0) is 23.6. The van der Waals surface area contributed by atoms with Crippen LogP contribution in [0.3, 0.4) is 0 Å². The first-order chi connectivity index (χ1) is 15.7. The van der Waals surface area contributed by atoms with E-state index in [-0.39, 0.29) is 16.6 Å². The Labute approximate surface area is 194 Å². The number of hydrogen-bond donors (Lipinski definition) is 2. The third-order valence-corrected chi connectivity index (χ3v) is 7.66. The normalized spacial score (nSPS) is 14.8. The molecule has 0 atom stereocenters. The summed E-state index contributed by atoms with van der Waals surface area (Å²) in [5, 5.41) is 9.48. The fourth-order valence-corrected chi connectivity index (χ4v) is 5.65. The van der Waals surface area contributed by atoms with Crippen LogP contribution >= 0.6 is 0 Å². The Morgan fingerprint density at radius 3 is 2.36 bits per heavy atom. The third kappa shape index (κ3) is 5.20. The van der Waals surface area contributed by atoms with E-state index >= 15 is 0 Å². The van der Waals surface area contributed by atoms with Gasteiger partial charge in [-0.1, -0.05) is 30.3 Å². The fraction of sp³-hybridized carbons (Fsp3) is 0.269. The lowest BCUT2D eigenvalue weighted by Crippen LogP contribution is -2.37. The van der Waals surface area contributed by atoms with Crippen LogP contribution in [0.2, 0.25) is 0 Å². The minimum atomic E-state index is -3.77. The van der Waals surface area contributed by atoms with Crippen molar-refractivity contribution in [3.05, 3.63) is 89.0 Å². The number of phenolic OH excluding ortho intramolecular Hbond substituents is 1. The summed E-state index contributed by atoms with van der Waals surface area (Å²) < 4.78 is 28.5. The van der Waals surface area contributed by atoms with Crippen molar-refractivity contribution < 1.29 is 18.3 Å². The Balaban J connectivity index is 1.45. The molecule has 6 nitrogen and oxygen atoms in total. The molecule has 0 saturated carbocycles. The number of aryl methyl sites for hydroxylation is 2. The lowest BCUT2D eigenvalue weighted by molar-refractivity contribution is 0.0713. The van der Waals surface area contributed by atoms with Crippen LogP contribution in [0.5, 0.6) is 5.75 Å². The molecule has 0 spiro atoms. The van der Waals surface area contributed by atoms with E-state index in [1.807, 2.05) is 30.0 Å². The highest BCUT2D eigenvalue weighted by atomic mass is 32.2. The maximum absolute atomic E-state index is 13.1. The number of benzene rings is 3. The predicted molar refractivity (Wildman–Crippen MR) is 129 cm³/mol. The van der Waals surface area contributed by atoms with Gasteiger partial charge in [0.05, 0.1) is 4.90 Å². The van der Waals surface area contributed by atoms with Crippen LogP contribution in [0.15, 0.2) is 71.6 Å². The van der Waals surface area contributed by atoms with Gasteiger partial charge in [-0.05, 0) is 85.7 Å². The minimum Gasteiger partial charge on any atom is -0.508 e. The number of phenols is 1. The average molecular weight is 465 g/mol. The molecule has 1 fully saturated rings. The minimum absolute atomic E-state index is 0.105. The fourth-order valence-electron chi connectivity index (χ4n) is 4.27. The van der Waals surface area contributed by atoms with Crippen molar-refractivity contribution in [3.63, 3.8) is 0 Å².